The second-order valence-corrected chi connectivity index (χ2v) is 7.85. The lowest BCUT2D eigenvalue weighted by Crippen LogP contribution is -2.38. The Kier molecular flexibility index (Phi) is 7.05. The van der Waals surface area contributed by atoms with Gasteiger partial charge in [0.2, 0.25) is 10.0 Å². The zero-order chi connectivity index (χ0) is 20.9. The zero-order valence-corrected chi connectivity index (χ0v) is 15.5. The van der Waals surface area contributed by atoms with E-state index in [9.17, 15) is 26.4 Å². The van der Waals surface area contributed by atoms with E-state index in [-0.39, 0.29) is 13.1 Å². The second kappa shape index (κ2) is 8.45. The normalized spacial score (nSPS) is 12.2. The molecule has 0 heterocycles. The number of alkyl carbamates (subject to hydrolysis) is 1. The van der Waals surface area contributed by atoms with Crippen LogP contribution in [0.3, 0.4) is 0 Å². The summed E-state index contributed by atoms with van der Waals surface area (Å²) >= 11 is 0. The van der Waals surface area contributed by atoms with E-state index in [0.717, 1.165) is 18.2 Å². The van der Waals surface area contributed by atoms with Crippen LogP contribution in [0.15, 0.2) is 23.1 Å². The molecule has 0 aliphatic rings. The number of ether oxygens (including phenoxy) is 2. The van der Waals surface area contributed by atoms with E-state index < -0.39 is 44.3 Å². The Morgan fingerprint density at radius 1 is 1.22 bits per heavy atom. The number of benzene rings is 1. The van der Waals surface area contributed by atoms with Crippen LogP contribution in [0.4, 0.5) is 18.0 Å². The second-order valence-electron chi connectivity index (χ2n) is 6.12. The van der Waals surface area contributed by atoms with Crippen molar-refractivity contribution in [2.45, 2.75) is 37.6 Å². The molecule has 0 bridgehead atoms. The van der Waals surface area contributed by atoms with Gasteiger partial charge in [-0.3, -0.25) is 0 Å². The summed E-state index contributed by atoms with van der Waals surface area (Å²) in [7, 11) is -4.33. The van der Waals surface area contributed by atoms with Crippen molar-refractivity contribution in [3.63, 3.8) is 0 Å². The van der Waals surface area contributed by atoms with Gasteiger partial charge in [-0.1, -0.05) is 6.07 Å². The van der Waals surface area contributed by atoms with Crippen LogP contribution >= 0.6 is 0 Å². The van der Waals surface area contributed by atoms with Gasteiger partial charge in [0.15, 0.2) is 0 Å². The average Bonchev–Trinajstić information content (AvgIpc) is 2.48. The average molecular weight is 409 g/mol. The number of nitrogens with zero attached hydrogens (tertiary/aromatic N) is 1. The molecular weight excluding hydrogens is 391 g/mol. The van der Waals surface area contributed by atoms with Crippen molar-refractivity contribution in [3.8, 4) is 11.8 Å². The lowest BCUT2D eigenvalue weighted by molar-refractivity contribution is -0.274. The number of hydrogen-bond donors (Lipinski definition) is 2. The predicted molar refractivity (Wildman–Crippen MR) is 87.3 cm³/mol. The van der Waals surface area contributed by atoms with Gasteiger partial charge in [-0.05, 0) is 32.9 Å². The van der Waals surface area contributed by atoms with Crippen molar-refractivity contribution in [2.24, 2.45) is 0 Å². The van der Waals surface area contributed by atoms with Crippen LogP contribution in [0, 0.1) is 11.3 Å². The first-order valence-electron chi connectivity index (χ1n) is 7.50. The topological polar surface area (TPSA) is 118 Å². The molecule has 0 fully saturated rings. The number of amides is 1. The summed E-state index contributed by atoms with van der Waals surface area (Å²) in [5.41, 5.74) is -1.52. The van der Waals surface area contributed by atoms with Crippen LogP contribution in [0.25, 0.3) is 0 Å². The molecule has 150 valence electrons. The van der Waals surface area contributed by atoms with Crippen LogP contribution in [0.5, 0.6) is 5.75 Å². The molecule has 1 rings (SSSR count). The van der Waals surface area contributed by atoms with Gasteiger partial charge in [0.25, 0.3) is 0 Å². The summed E-state index contributed by atoms with van der Waals surface area (Å²) in [6, 6.07) is 4.19. The monoisotopic (exact) mass is 409 g/mol. The molecule has 1 aromatic rings. The van der Waals surface area contributed by atoms with E-state index in [1.807, 2.05) is 0 Å². The largest absolute Gasteiger partial charge is 0.573 e. The molecule has 27 heavy (non-hydrogen) atoms. The Balaban J connectivity index is 2.83. The first-order chi connectivity index (χ1) is 12.2. The highest BCUT2D eigenvalue weighted by molar-refractivity contribution is 7.89. The van der Waals surface area contributed by atoms with Gasteiger partial charge in [0.05, 0.1) is 0 Å². The van der Waals surface area contributed by atoms with E-state index in [4.69, 9.17) is 10.00 Å². The van der Waals surface area contributed by atoms with E-state index in [0.29, 0.717) is 0 Å². The van der Waals surface area contributed by atoms with Gasteiger partial charge in [0.1, 0.15) is 27.9 Å². The maximum atomic E-state index is 12.4. The zero-order valence-electron chi connectivity index (χ0n) is 14.7. The van der Waals surface area contributed by atoms with Crippen molar-refractivity contribution < 1.29 is 35.9 Å². The van der Waals surface area contributed by atoms with Gasteiger partial charge in [-0.2, -0.15) is 5.26 Å². The van der Waals surface area contributed by atoms with Crippen LogP contribution in [-0.2, 0) is 14.8 Å². The number of nitriles is 1. The number of nitrogens with one attached hydrogen (secondary N) is 2. The third-order valence-corrected chi connectivity index (χ3v) is 4.20. The standard InChI is InChI=1S/C15H18F3N3O5S/c1-14(2,3)26-13(22)20-7-8-21-27(23,24)12-6-4-5-11(10(12)9-19)25-15(16,17)18/h4-6,21H,7-8H2,1-3H3,(H,20,22). The third kappa shape index (κ3) is 7.71. The van der Waals surface area contributed by atoms with E-state index in [2.05, 4.69) is 14.8 Å². The van der Waals surface area contributed by atoms with Crippen LogP contribution in [-0.4, -0.2) is 39.6 Å². The van der Waals surface area contributed by atoms with Crippen LogP contribution in [0.1, 0.15) is 26.3 Å². The molecule has 2 N–H and O–H groups in total. The lowest BCUT2D eigenvalue weighted by Gasteiger charge is -2.19. The first-order valence-corrected chi connectivity index (χ1v) is 8.99. The number of halogens is 3. The molecule has 12 heteroatoms. The maximum Gasteiger partial charge on any atom is 0.573 e. The fourth-order valence-corrected chi connectivity index (χ4v) is 3.00. The summed E-state index contributed by atoms with van der Waals surface area (Å²) in [6.07, 6.45) is -5.85. The minimum Gasteiger partial charge on any atom is -0.444 e. The summed E-state index contributed by atoms with van der Waals surface area (Å²) in [5, 5.41) is 11.4. The number of carbonyl (C=O) groups excluding carboxylic acids is 1. The molecule has 0 saturated carbocycles. The summed E-state index contributed by atoms with van der Waals surface area (Å²) in [5.74, 6) is -0.931. The highest BCUT2D eigenvalue weighted by Gasteiger charge is 2.33. The summed E-state index contributed by atoms with van der Waals surface area (Å²) in [6.45, 7) is 4.52. The van der Waals surface area contributed by atoms with Gasteiger partial charge in [-0.15, -0.1) is 13.2 Å². The van der Waals surface area contributed by atoms with Gasteiger partial charge in [-0.25, -0.2) is 17.9 Å². The fraction of sp³-hybridized carbons (Fsp3) is 0.467. The van der Waals surface area contributed by atoms with Crippen molar-refractivity contribution in [3.05, 3.63) is 23.8 Å². The Bertz CT molecular complexity index is 827. The summed E-state index contributed by atoms with van der Waals surface area (Å²) < 4.78 is 72.4. The third-order valence-electron chi connectivity index (χ3n) is 2.70. The smallest absolute Gasteiger partial charge is 0.444 e. The molecule has 0 aliphatic carbocycles. The number of sulfonamides is 1. The van der Waals surface area contributed by atoms with Gasteiger partial charge in [0, 0.05) is 13.1 Å². The highest BCUT2D eigenvalue weighted by Crippen LogP contribution is 2.30. The van der Waals surface area contributed by atoms with Gasteiger partial charge >= 0.3 is 12.5 Å². The Hall–Kier alpha value is -2.52. The quantitative estimate of drug-likeness (QED) is 0.696. The van der Waals surface area contributed by atoms with Crippen molar-refractivity contribution >= 4 is 16.1 Å². The van der Waals surface area contributed by atoms with E-state index in [1.54, 1.807) is 20.8 Å². The molecule has 0 aromatic heterocycles. The minimum atomic E-state index is -5.08. The number of carbonyl (C=O) groups is 1. The molecule has 0 atom stereocenters. The molecule has 1 aromatic carbocycles. The molecule has 1 amide bonds. The maximum absolute atomic E-state index is 12.4. The minimum absolute atomic E-state index is 0.144. The highest BCUT2D eigenvalue weighted by atomic mass is 32.2. The SMILES string of the molecule is CC(C)(C)OC(=O)NCCNS(=O)(=O)c1cccc(OC(F)(F)F)c1C#N. The number of alkyl halides is 3. The Morgan fingerprint density at radius 2 is 1.85 bits per heavy atom. The first kappa shape index (κ1) is 22.5. The van der Waals surface area contributed by atoms with Crippen LogP contribution in [0.2, 0.25) is 0 Å². The van der Waals surface area contributed by atoms with Crippen molar-refractivity contribution in [2.75, 3.05) is 13.1 Å². The Morgan fingerprint density at radius 3 is 2.37 bits per heavy atom. The van der Waals surface area contributed by atoms with Gasteiger partial charge < -0.3 is 14.8 Å². The Labute approximate surface area is 154 Å². The van der Waals surface area contributed by atoms with Crippen LogP contribution < -0.4 is 14.8 Å². The van der Waals surface area contributed by atoms with Crippen molar-refractivity contribution in [1.82, 2.24) is 10.0 Å². The summed E-state index contributed by atoms with van der Waals surface area (Å²) in [4.78, 5) is 10.8. The molecule has 0 unspecified atom stereocenters. The molecule has 0 radical (unpaired) electrons. The molecule has 0 aliphatic heterocycles. The number of rotatable bonds is 6. The van der Waals surface area contributed by atoms with E-state index >= 15 is 0 Å². The molecule has 0 saturated heterocycles. The predicted octanol–water partition coefficient (Wildman–Crippen LogP) is 2.26. The lowest BCUT2D eigenvalue weighted by atomic mass is 10.2. The molecule has 8 nitrogen and oxygen atoms in total. The molecule has 0 spiro atoms. The number of hydrogen-bond acceptors (Lipinski definition) is 6. The molecular formula is C15H18F3N3O5S. The fourth-order valence-electron chi connectivity index (χ4n) is 1.80. The van der Waals surface area contributed by atoms with E-state index in [1.165, 1.54) is 6.07 Å². The van der Waals surface area contributed by atoms with Crippen molar-refractivity contribution in [1.29, 1.82) is 5.26 Å².